The smallest absolute Gasteiger partial charge is 0.323 e. The lowest BCUT2D eigenvalue weighted by Gasteiger charge is -2.07. The standard InChI is InChI=1S/C14H12BrN5O/c1-20-7-8(2-9(20)5-16)6-17-11-4-13-12(3-10(11)15)18-14(21)19-13/h2-4,7,17H,6H2,1H3,(H2,18,19,21). The van der Waals surface area contributed by atoms with E-state index in [0.717, 1.165) is 26.8 Å². The van der Waals surface area contributed by atoms with Crippen LogP contribution in [0.2, 0.25) is 0 Å². The van der Waals surface area contributed by atoms with E-state index in [9.17, 15) is 4.79 Å². The van der Waals surface area contributed by atoms with Gasteiger partial charge in [0, 0.05) is 24.3 Å². The van der Waals surface area contributed by atoms with Crippen LogP contribution >= 0.6 is 15.9 Å². The van der Waals surface area contributed by atoms with Crippen LogP contribution in [-0.2, 0) is 13.6 Å². The number of nitriles is 1. The van der Waals surface area contributed by atoms with Crippen LogP contribution in [0.25, 0.3) is 11.0 Å². The Morgan fingerprint density at radius 2 is 2.05 bits per heavy atom. The average molecular weight is 346 g/mol. The van der Waals surface area contributed by atoms with Gasteiger partial charge in [-0.05, 0) is 39.7 Å². The first kappa shape index (κ1) is 13.5. The summed E-state index contributed by atoms with van der Waals surface area (Å²) in [5.41, 5.74) is 3.79. The van der Waals surface area contributed by atoms with Gasteiger partial charge in [0.05, 0.1) is 16.7 Å². The number of H-pyrrole nitrogens is 2. The van der Waals surface area contributed by atoms with Crippen molar-refractivity contribution in [1.82, 2.24) is 14.5 Å². The number of hydrogen-bond acceptors (Lipinski definition) is 3. The minimum atomic E-state index is -0.226. The minimum Gasteiger partial charge on any atom is -0.380 e. The Morgan fingerprint density at radius 1 is 1.33 bits per heavy atom. The molecule has 0 unspecified atom stereocenters. The second-order valence-corrected chi connectivity index (χ2v) is 5.62. The molecule has 1 aromatic carbocycles. The number of imidazole rings is 1. The first-order valence-electron chi connectivity index (χ1n) is 6.27. The quantitative estimate of drug-likeness (QED) is 0.680. The fourth-order valence-corrected chi connectivity index (χ4v) is 2.71. The van der Waals surface area contributed by atoms with Gasteiger partial charge < -0.3 is 19.9 Å². The molecule has 0 atom stereocenters. The Morgan fingerprint density at radius 3 is 2.71 bits per heavy atom. The number of benzene rings is 1. The van der Waals surface area contributed by atoms with Gasteiger partial charge in [0.25, 0.3) is 0 Å². The second-order valence-electron chi connectivity index (χ2n) is 4.77. The summed E-state index contributed by atoms with van der Waals surface area (Å²) in [5, 5.41) is 12.2. The highest BCUT2D eigenvalue weighted by Gasteiger charge is 2.07. The van der Waals surface area contributed by atoms with Gasteiger partial charge in [0.1, 0.15) is 11.8 Å². The normalized spacial score (nSPS) is 10.7. The van der Waals surface area contributed by atoms with E-state index >= 15 is 0 Å². The number of nitrogens with one attached hydrogen (secondary N) is 3. The molecule has 3 aromatic rings. The molecule has 0 amide bonds. The maximum atomic E-state index is 11.3. The third-order valence-corrected chi connectivity index (χ3v) is 3.92. The van der Waals surface area contributed by atoms with Crippen molar-refractivity contribution in [2.24, 2.45) is 7.05 Å². The molecule has 6 nitrogen and oxygen atoms in total. The highest BCUT2D eigenvalue weighted by atomic mass is 79.9. The van der Waals surface area contributed by atoms with Crippen molar-refractivity contribution in [3.8, 4) is 6.07 Å². The fourth-order valence-electron chi connectivity index (χ4n) is 2.23. The van der Waals surface area contributed by atoms with Crippen LogP contribution in [0.15, 0.2) is 33.7 Å². The number of nitrogens with zero attached hydrogens (tertiary/aromatic N) is 2. The van der Waals surface area contributed by atoms with Gasteiger partial charge in [-0.2, -0.15) is 5.26 Å². The van der Waals surface area contributed by atoms with Crippen molar-refractivity contribution in [2.75, 3.05) is 5.32 Å². The third-order valence-electron chi connectivity index (χ3n) is 3.26. The van der Waals surface area contributed by atoms with Crippen molar-refractivity contribution in [3.05, 3.63) is 50.6 Å². The van der Waals surface area contributed by atoms with Crippen molar-refractivity contribution in [1.29, 1.82) is 5.26 Å². The monoisotopic (exact) mass is 345 g/mol. The Labute approximate surface area is 128 Å². The van der Waals surface area contributed by atoms with Crippen molar-refractivity contribution in [3.63, 3.8) is 0 Å². The molecule has 0 bridgehead atoms. The SMILES string of the molecule is Cn1cc(CNc2cc3[nH]c(=O)[nH]c3cc2Br)cc1C#N. The molecule has 0 fully saturated rings. The summed E-state index contributed by atoms with van der Waals surface area (Å²) in [4.78, 5) is 16.7. The topological polar surface area (TPSA) is 89.4 Å². The number of rotatable bonds is 3. The van der Waals surface area contributed by atoms with Crippen molar-refractivity contribution >= 4 is 32.7 Å². The van der Waals surface area contributed by atoms with Gasteiger partial charge in [0.2, 0.25) is 0 Å². The molecule has 106 valence electrons. The number of aromatic nitrogens is 3. The van der Waals surface area contributed by atoms with Crippen LogP contribution < -0.4 is 11.0 Å². The third kappa shape index (κ3) is 2.58. The number of aryl methyl sites for hydroxylation is 1. The maximum Gasteiger partial charge on any atom is 0.323 e. The van der Waals surface area contributed by atoms with E-state index in [2.05, 4.69) is 37.3 Å². The molecule has 0 saturated heterocycles. The Balaban J connectivity index is 1.85. The molecular weight excluding hydrogens is 334 g/mol. The highest BCUT2D eigenvalue weighted by molar-refractivity contribution is 9.10. The molecule has 0 spiro atoms. The molecule has 0 saturated carbocycles. The van der Waals surface area contributed by atoms with Crippen LogP contribution in [0.3, 0.4) is 0 Å². The van der Waals surface area contributed by atoms with Crippen LogP contribution in [-0.4, -0.2) is 14.5 Å². The van der Waals surface area contributed by atoms with E-state index in [1.54, 1.807) is 4.57 Å². The zero-order chi connectivity index (χ0) is 15.0. The first-order chi connectivity index (χ1) is 10.1. The molecule has 0 aliphatic rings. The molecule has 2 heterocycles. The number of halogens is 1. The summed E-state index contributed by atoms with van der Waals surface area (Å²) in [6, 6.07) is 7.69. The minimum absolute atomic E-state index is 0.226. The Bertz CT molecular complexity index is 912. The lowest BCUT2D eigenvalue weighted by Crippen LogP contribution is -1.99. The van der Waals surface area contributed by atoms with E-state index < -0.39 is 0 Å². The summed E-state index contributed by atoms with van der Waals surface area (Å²) in [5.74, 6) is 0. The number of fused-ring (bicyclic) bond motifs is 1. The summed E-state index contributed by atoms with van der Waals surface area (Å²) in [7, 11) is 1.84. The van der Waals surface area contributed by atoms with Gasteiger partial charge in [-0.15, -0.1) is 0 Å². The molecule has 0 aliphatic heterocycles. The molecule has 2 aromatic heterocycles. The van der Waals surface area contributed by atoms with Crippen LogP contribution in [0.1, 0.15) is 11.3 Å². The number of anilines is 1. The van der Waals surface area contributed by atoms with Gasteiger partial charge in [-0.1, -0.05) is 0 Å². The van der Waals surface area contributed by atoms with Gasteiger partial charge >= 0.3 is 5.69 Å². The lowest BCUT2D eigenvalue weighted by molar-refractivity contribution is 0.902. The molecule has 21 heavy (non-hydrogen) atoms. The maximum absolute atomic E-state index is 11.3. The predicted octanol–water partition coefficient (Wildman–Crippen LogP) is 2.44. The molecular formula is C14H12BrN5O. The summed E-state index contributed by atoms with van der Waals surface area (Å²) in [6.45, 7) is 0.592. The molecule has 0 aliphatic carbocycles. The first-order valence-corrected chi connectivity index (χ1v) is 7.07. The number of hydrogen-bond donors (Lipinski definition) is 3. The van der Waals surface area contributed by atoms with Gasteiger partial charge in [-0.25, -0.2) is 4.79 Å². The lowest BCUT2D eigenvalue weighted by atomic mass is 10.2. The predicted molar refractivity (Wildman–Crippen MR) is 84.1 cm³/mol. The molecule has 3 rings (SSSR count). The molecule has 3 N–H and O–H groups in total. The second kappa shape index (κ2) is 5.14. The van der Waals surface area contributed by atoms with Crippen LogP contribution in [0.5, 0.6) is 0 Å². The summed E-state index contributed by atoms with van der Waals surface area (Å²) in [6.07, 6.45) is 1.91. The van der Waals surface area contributed by atoms with Crippen LogP contribution in [0.4, 0.5) is 5.69 Å². The van der Waals surface area contributed by atoms with E-state index in [1.807, 2.05) is 31.4 Å². The summed E-state index contributed by atoms with van der Waals surface area (Å²) >= 11 is 3.48. The van der Waals surface area contributed by atoms with Gasteiger partial charge in [0.15, 0.2) is 0 Å². The Hall–Kier alpha value is -2.46. The highest BCUT2D eigenvalue weighted by Crippen LogP contribution is 2.26. The fraction of sp³-hybridized carbons (Fsp3) is 0.143. The van der Waals surface area contributed by atoms with E-state index in [0.29, 0.717) is 12.2 Å². The van der Waals surface area contributed by atoms with Gasteiger partial charge in [-0.3, -0.25) is 0 Å². The van der Waals surface area contributed by atoms with Crippen molar-refractivity contribution in [2.45, 2.75) is 6.54 Å². The van der Waals surface area contributed by atoms with Crippen molar-refractivity contribution < 1.29 is 0 Å². The zero-order valence-electron chi connectivity index (χ0n) is 11.2. The van der Waals surface area contributed by atoms with E-state index in [4.69, 9.17) is 5.26 Å². The largest absolute Gasteiger partial charge is 0.380 e. The zero-order valence-corrected chi connectivity index (χ0v) is 12.8. The summed E-state index contributed by atoms with van der Waals surface area (Å²) < 4.78 is 2.65. The molecule has 0 radical (unpaired) electrons. The molecule has 7 heteroatoms. The van der Waals surface area contributed by atoms with E-state index in [1.165, 1.54) is 0 Å². The number of aromatic amines is 2. The Kier molecular flexibility index (Phi) is 3.31. The van der Waals surface area contributed by atoms with E-state index in [-0.39, 0.29) is 5.69 Å². The van der Waals surface area contributed by atoms with Crippen LogP contribution in [0, 0.1) is 11.3 Å². The average Bonchev–Trinajstić information content (AvgIpc) is 2.97.